The minimum atomic E-state index is -0.515. The molecule has 0 aliphatic carbocycles. The first kappa shape index (κ1) is 7.53. The van der Waals surface area contributed by atoms with Crippen molar-refractivity contribution in [2.24, 2.45) is 0 Å². The quantitative estimate of drug-likeness (QED) is 0.501. The highest BCUT2D eigenvalue weighted by Crippen LogP contribution is 2.34. The van der Waals surface area contributed by atoms with Crippen molar-refractivity contribution in [1.29, 1.82) is 0 Å². The zero-order chi connectivity index (χ0) is 8.01. The van der Waals surface area contributed by atoms with Crippen molar-refractivity contribution in [1.82, 2.24) is 4.90 Å². The van der Waals surface area contributed by atoms with Gasteiger partial charge >= 0.3 is 0 Å². The summed E-state index contributed by atoms with van der Waals surface area (Å²) in [4.78, 5) is 2.21. The zero-order valence-corrected chi connectivity index (χ0v) is 6.77. The number of likely N-dealkylation sites (N-methyl/N-ethyl adjacent to an activating group) is 1. The van der Waals surface area contributed by atoms with E-state index in [1.165, 1.54) is 0 Å². The van der Waals surface area contributed by atoms with Gasteiger partial charge in [0.25, 0.3) is 0 Å². The Bertz CT molecular complexity index is 162. The maximum Gasteiger partial charge on any atom is 0.0954 e. The SMILES string of the molecule is CN1[C@@H]2CC[C@H]1C(O)C(O)C2. The van der Waals surface area contributed by atoms with E-state index in [0.717, 1.165) is 19.3 Å². The third kappa shape index (κ3) is 0.991. The molecule has 2 saturated heterocycles. The molecule has 3 heteroatoms. The highest BCUT2D eigenvalue weighted by Gasteiger charge is 2.43. The fraction of sp³-hybridized carbons (Fsp3) is 1.00. The minimum absolute atomic E-state index is 0.212. The van der Waals surface area contributed by atoms with Crippen LogP contribution in [0.5, 0.6) is 0 Å². The fourth-order valence-corrected chi connectivity index (χ4v) is 2.41. The molecule has 0 radical (unpaired) electrons. The van der Waals surface area contributed by atoms with E-state index in [4.69, 9.17) is 0 Å². The van der Waals surface area contributed by atoms with Gasteiger partial charge in [-0.2, -0.15) is 0 Å². The van der Waals surface area contributed by atoms with Crippen LogP contribution in [0.15, 0.2) is 0 Å². The number of nitrogens with zero attached hydrogens (tertiary/aromatic N) is 1. The van der Waals surface area contributed by atoms with E-state index in [1.54, 1.807) is 0 Å². The van der Waals surface area contributed by atoms with Crippen LogP contribution in [-0.2, 0) is 0 Å². The largest absolute Gasteiger partial charge is 0.390 e. The van der Waals surface area contributed by atoms with Crippen LogP contribution in [0.1, 0.15) is 19.3 Å². The second-order valence-electron chi connectivity index (χ2n) is 3.76. The van der Waals surface area contributed by atoms with Gasteiger partial charge in [-0.15, -0.1) is 0 Å². The van der Waals surface area contributed by atoms with Gasteiger partial charge in [-0.1, -0.05) is 0 Å². The van der Waals surface area contributed by atoms with Crippen molar-refractivity contribution in [2.45, 2.75) is 43.6 Å². The molecular formula is C8H15NO2. The molecule has 2 unspecified atom stereocenters. The molecule has 11 heavy (non-hydrogen) atoms. The Morgan fingerprint density at radius 3 is 2.73 bits per heavy atom. The molecule has 0 aromatic heterocycles. The summed E-state index contributed by atoms with van der Waals surface area (Å²) in [5.41, 5.74) is 0. The number of hydrogen-bond donors (Lipinski definition) is 2. The molecule has 3 nitrogen and oxygen atoms in total. The lowest BCUT2D eigenvalue weighted by Gasteiger charge is -2.37. The Kier molecular flexibility index (Phi) is 1.67. The lowest BCUT2D eigenvalue weighted by atomic mass is 9.98. The molecule has 0 aromatic carbocycles. The molecule has 0 amide bonds. The molecule has 2 heterocycles. The van der Waals surface area contributed by atoms with Crippen molar-refractivity contribution >= 4 is 0 Å². The van der Waals surface area contributed by atoms with Gasteiger partial charge in [0.15, 0.2) is 0 Å². The molecule has 0 aromatic rings. The van der Waals surface area contributed by atoms with Gasteiger partial charge < -0.3 is 10.2 Å². The van der Waals surface area contributed by atoms with Gasteiger partial charge in [0, 0.05) is 12.1 Å². The molecule has 64 valence electrons. The summed E-state index contributed by atoms with van der Waals surface area (Å²) in [7, 11) is 2.04. The van der Waals surface area contributed by atoms with Gasteiger partial charge in [0.2, 0.25) is 0 Å². The summed E-state index contributed by atoms with van der Waals surface area (Å²) in [5, 5.41) is 18.9. The first-order chi connectivity index (χ1) is 5.20. The van der Waals surface area contributed by atoms with E-state index < -0.39 is 12.2 Å². The van der Waals surface area contributed by atoms with Crippen LogP contribution in [0.4, 0.5) is 0 Å². The van der Waals surface area contributed by atoms with Gasteiger partial charge in [-0.25, -0.2) is 0 Å². The molecule has 2 N–H and O–H groups in total. The zero-order valence-electron chi connectivity index (χ0n) is 6.77. The van der Waals surface area contributed by atoms with Gasteiger partial charge in [-0.05, 0) is 26.3 Å². The Balaban J connectivity index is 2.16. The summed E-state index contributed by atoms with van der Waals surface area (Å²) in [6.07, 6.45) is 1.92. The molecule has 0 spiro atoms. The van der Waals surface area contributed by atoms with Crippen LogP contribution in [0.3, 0.4) is 0 Å². The maximum absolute atomic E-state index is 9.54. The number of aliphatic hydroxyl groups excluding tert-OH is 2. The second-order valence-corrected chi connectivity index (χ2v) is 3.76. The topological polar surface area (TPSA) is 43.7 Å². The van der Waals surface area contributed by atoms with Crippen LogP contribution >= 0.6 is 0 Å². The Labute approximate surface area is 66.6 Å². The lowest BCUT2D eigenvalue weighted by Crippen LogP contribution is -2.52. The number of piperidine rings is 1. The van der Waals surface area contributed by atoms with Crippen molar-refractivity contribution in [3.05, 3.63) is 0 Å². The highest BCUT2D eigenvalue weighted by atomic mass is 16.3. The monoisotopic (exact) mass is 157 g/mol. The van der Waals surface area contributed by atoms with E-state index in [0.29, 0.717) is 6.04 Å². The third-order valence-corrected chi connectivity index (χ3v) is 3.20. The van der Waals surface area contributed by atoms with Crippen LogP contribution in [0, 0.1) is 0 Å². The second kappa shape index (κ2) is 2.44. The first-order valence-electron chi connectivity index (χ1n) is 4.28. The molecule has 4 atom stereocenters. The van der Waals surface area contributed by atoms with E-state index in [9.17, 15) is 10.2 Å². The van der Waals surface area contributed by atoms with Gasteiger partial charge in [-0.3, -0.25) is 4.90 Å². The Hall–Kier alpha value is -0.120. The number of fused-ring (bicyclic) bond motifs is 2. The molecule has 2 fully saturated rings. The standard InChI is InChI=1S/C8H15NO2/c1-9-5-2-3-6(9)8(11)7(10)4-5/h5-8,10-11H,2-4H2,1H3/t5-,6+,7?,8?/m1/s1. The smallest absolute Gasteiger partial charge is 0.0954 e. The Morgan fingerprint density at radius 1 is 1.27 bits per heavy atom. The van der Waals surface area contributed by atoms with Crippen LogP contribution in [0.25, 0.3) is 0 Å². The fourth-order valence-electron chi connectivity index (χ4n) is 2.41. The van der Waals surface area contributed by atoms with Crippen LogP contribution in [-0.4, -0.2) is 46.5 Å². The number of hydrogen-bond acceptors (Lipinski definition) is 3. The summed E-state index contributed by atoms with van der Waals surface area (Å²) >= 11 is 0. The van der Waals surface area contributed by atoms with E-state index in [1.807, 2.05) is 7.05 Å². The van der Waals surface area contributed by atoms with Crippen molar-refractivity contribution < 1.29 is 10.2 Å². The lowest BCUT2D eigenvalue weighted by molar-refractivity contribution is -0.0671. The maximum atomic E-state index is 9.54. The van der Waals surface area contributed by atoms with Gasteiger partial charge in [0.1, 0.15) is 0 Å². The number of aliphatic hydroxyl groups is 2. The van der Waals surface area contributed by atoms with E-state index in [-0.39, 0.29) is 6.04 Å². The molecule has 2 rings (SSSR count). The predicted molar refractivity (Wildman–Crippen MR) is 41.2 cm³/mol. The van der Waals surface area contributed by atoms with Crippen molar-refractivity contribution in [2.75, 3.05) is 7.05 Å². The molecule has 2 aliphatic rings. The van der Waals surface area contributed by atoms with E-state index >= 15 is 0 Å². The van der Waals surface area contributed by atoms with Crippen molar-refractivity contribution in [3.63, 3.8) is 0 Å². The van der Waals surface area contributed by atoms with Crippen LogP contribution in [0.2, 0.25) is 0 Å². The van der Waals surface area contributed by atoms with Crippen molar-refractivity contribution in [3.8, 4) is 0 Å². The normalized spacial score (nSPS) is 51.5. The average Bonchev–Trinajstić information content (AvgIpc) is 2.23. The molecule has 0 saturated carbocycles. The minimum Gasteiger partial charge on any atom is -0.390 e. The number of rotatable bonds is 0. The molecule has 2 bridgehead atoms. The molecule has 2 aliphatic heterocycles. The van der Waals surface area contributed by atoms with E-state index in [2.05, 4.69) is 4.90 Å². The average molecular weight is 157 g/mol. The molecular weight excluding hydrogens is 142 g/mol. The third-order valence-electron chi connectivity index (χ3n) is 3.20. The summed E-state index contributed by atoms with van der Waals surface area (Å²) in [6.45, 7) is 0. The summed E-state index contributed by atoms with van der Waals surface area (Å²) in [6, 6.07) is 0.724. The Morgan fingerprint density at radius 2 is 2.00 bits per heavy atom. The van der Waals surface area contributed by atoms with Gasteiger partial charge in [0.05, 0.1) is 12.2 Å². The highest BCUT2D eigenvalue weighted by molar-refractivity contribution is 4.98. The summed E-state index contributed by atoms with van der Waals surface area (Å²) < 4.78 is 0. The first-order valence-corrected chi connectivity index (χ1v) is 4.28. The predicted octanol–water partition coefficient (Wildman–Crippen LogP) is -0.425. The van der Waals surface area contributed by atoms with Crippen LogP contribution < -0.4 is 0 Å². The summed E-state index contributed by atoms with van der Waals surface area (Å²) in [5.74, 6) is 0.